The normalized spacial score (nSPS) is 12.8. The second-order valence-corrected chi connectivity index (χ2v) is 7.71. The minimum absolute atomic E-state index is 0.0743. The van der Waals surface area contributed by atoms with Crippen LogP contribution in [0.5, 0.6) is 0 Å². The number of benzene rings is 1. The monoisotopic (exact) mass is 499 g/mol. The van der Waals surface area contributed by atoms with Gasteiger partial charge in [0.15, 0.2) is 17.8 Å². The zero-order valence-electron chi connectivity index (χ0n) is 16.5. The van der Waals surface area contributed by atoms with Crippen molar-refractivity contribution in [2.45, 2.75) is 25.4 Å². The molecule has 1 aromatic carbocycles. The Morgan fingerprint density at radius 1 is 1.09 bits per heavy atom. The molecule has 1 N–H and O–H groups in total. The van der Waals surface area contributed by atoms with Gasteiger partial charge in [-0.25, -0.2) is 19.1 Å². The van der Waals surface area contributed by atoms with Crippen LogP contribution in [0, 0.1) is 0 Å². The van der Waals surface area contributed by atoms with Crippen molar-refractivity contribution in [2.24, 2.45) is 0 Å². The number of hydrogen-bond donors (Lipinski definition) is 1. The molecule has 4 aromatic rings. The highest BCUT2D eigenvalue weighted by atomic mass is 35.5. The Balaban J connectivity index is 1.71. The van der Waals surface area contributed by atoms with Crippen LogP contribution in [0.15, 0.2) is 53.8 Å². The van der Waals surface area contributed by atoms with Crippen LogP contribution in [0.4, 0.5) is 13.2 Å². The number of pyridine rings is 1. The molecule has 0 fully saturated rings. The largest absolute Gasteiger partial charge is 0.416 e. The van der Waals surface area contributed by atoms with Crippen molar-refractivity contribution >= 4 is 23.2 Å². The van der Waals surface area contributed by atoms with Gasteiger partial charge in [-0.15, -0.1) is 10.2 Å². The molecule has 0 amide bonds. The zero-order chi connectivity index (χ0) is 23.8. The quantitative estimate of drug-likeness (QED) is 0.437. The van der Waals surface area contributed by atoms with Crippen molar-refractivity contribution in [2.75, 3.05) is 0 Å². The van der Waals surface area contributed by atoms with Crippen molar-refractivity contribution in [3.8, 4) is 17.1 Å². The van der Waals surface area contributed by atoms with Crippen molar-refractivity contribution in [3.05, 3.63) is 75.4 Å². The van der Waals surface area contributed by atoms with E-state index >= 15 is 0 Å². The van der Waals surface area contributed by atoms with Crippen molar-refractivity contribution in [1.82, 2.24) is 34.1 Å². The van der Waals surface area contributed by atoms with Crippen LogP contribution in [-0.4, -0.2) is 51.5 Å². The standard InChI is InChI=1S/C19H14Cl2F3N7O2/c20-12-3-1-11(2-4-12)17-28-30(18(33)29(17)8-15(32)19(22,23)24)9-16-26-10-31(27-16)14-7-25-6-5-13(14)21/h1-7,10,15,32H,8-9H2. The van der Waals surface area contributed by atoms with Gasteiger partial charge < -0.3 is 5.11 Å². The Kier molecular flexibility index (Phi) is 6.23. The second-order valence-electron chi connectivity index (χ2n) is 6.87. The summed E-state index contributed by atoms with van der Waals surface area (Å²) < 4.78 is 41.9. The van der Waals surface area contributed by atoms with Gasteiger partial charge in [-0.2, -0.15) is 13.2 Å². The zero-order valence-corrected chi connectivity index (χ0v) is 18.0. The molecule has 0 saturated carbocycles. The van der Waals surface area contributed by atoms with E-state index in [9.17, 15) is 23.1 Å². The first kappa shape index (κ1) is 23.0. The third kappa shape index (κ3) is 4.92. The number of aliphatic hydroxyl groups excluding tert-OH is 1. The van der Waals surface area contributed by atoms with Gasteiger partial charge in [0.2, 0.25) is 0 Å². The molecule has 1 unspecified atom stereocenters. The van der Waals surface area contributed by atoms with Gasteiger partial charge in [-0.3, -0.25) is 9.55 Å². The lowest BCUT2D eigenvalue weighted by atomic mass is 10.2. The minimum atomic E-state index is -4.91. The molecular formula is C19H14Cl2F3N7O2. The molecule has 1 atom stereocenters. The third-order valence-electron chi connectivity index (χ3n) is 4.58. The van der Waals surface area contributed by atoms with Crippen molar-refractivity contribution in [1.29, 1.82) is 0 Å². The Morgan fingerprint density at radius 2 is 1.82 bits per heavy atom. The summed E-state index contributed by atoms with van der Waals surface area (Å²) in [5, 5.41) is 18.7. The first-order valence-corrected chi connectivity index (χ1v) is 10.1. The molecule has 14 heteroatoms. The van der Waals surface area contributed by atoms with E-state index in [4.69, 9.17) is 23.2 Å². The van der Waals surface area contributed by atoms with Gasteiger partial charge in [-0.05, 0) is 30.3 Å². The molecule has 3 heterocycles. The molecule has 0 saturated heterocycles. The van der Waals surface area contributed by atoms with Crippen LogP contribution < -0.4 is 5.69 Å². The van der Waals surface area contributed by atoms with Crippen LogP contribution in [0.2, 0.25) is 10.0 Å². The Bertz CT molecular complexity index is 1330. The lowest BCUT2D eigenvalue weighted by Gasteiger charge is -2.15. The molecule has 0 spiro atoms. The van der Waals surface area contributed by atoms with Crippen LogP contribution in [0.25, 0.3) is 17.1 Å². The molecule has 4 rings (SSSR count). The number of alkyl halides is 3. The molecule has 0 aliphatic rings. The average molecular weight is 500 g/mol. The van der Waals surface area contributed by atoms with Gasteiger partial charge in [0.1, 0.15) is 18.6 Å². The van der Waals surface area contributed by atoms with E-state index in [1.165, 1.54) is 47.7 Å². The molecule has 9 nitrogen and oxygen atoms in total. The molecule has 3 aromatic heterocycles. The van der Waals surface area contributed by atoms with Gasteiger partial charge in [0.05, 0.1) is 17.8 Å². The van der Waals surface area contributed by atoms with Gasteiger partial charge >= 0.3 is 11.9 Å². The number of halogens is 5. The molecule has 0 aliphatic heterocycles. The fourth-order valence-electron chi connectivity index (χ4n) is 2.96. The van der Waals surface area contributed by atoms with Crippen LogP contribution in [0.1, 0.15) is 5.82 Å². The number of nitrogens with zero attached hydrogens (tertiary/aromatic N) is 7. The minimum Gasteiger partial charge on any atom is -0.382 e. The maximum atomic E-state index is 13.0. The van der Waals surface area contributed by atoms with Gasteiger partial charge in [-0.1, -0.05) is 23.2 Å². The van der Waals surface area contributed by atoms with Crippen molar-refractivity contribution < 1.29 is 18.3 Å². The molecule has 172 valence electrons. The smallest absolute Gasteiger partial charge is 0.382 e. The van der Waals surface area contributed by atoms with E-state index in [0.29, 0.717) is 21.3 Å². The van der Waals surface area contributed by atoms with Crippen molar-refractivity contribution in [3.63, 3.8) is 0 Å². The Hall–Kier alpha value is -3.22. The number of aromatic nitrogens is 7. The summed E-state index contributed by atoms with van der Waals surface area (Å²) in [6.45, 7) is -1.27. The molecule has 33 heavy (non-hydrogen) atoms. The number of aliphatic hydroxyl groups is 1. The summed E-state index contributed by atoms with van der Waals surface area (Å²) in [7, 11) is 0. The van der Waals surface area contributed by atoms with E-state index < -0.39 is 24.5 Å². The maximum absolute atomic E-state index is 13.0. The van der Waals surface area contributed by atoms with Gasteiger partial charge in [0.25, 0.3) is 0 Å². The first-order valence-electron chi connectivity index (χ1n) is 9.32. The third-order valence-corrected chi connectivity index (χ3v) is 5.16. The fraction of sp³-hybridized carbons (Fsp3) is 0.211. The topological polar surface area (TPSA) is 104 Å². The summed E-state index contributed by atoms with van der Waals surface area (Å²) in [5.41, 5.74) is -0.0878. The first-order chi connectivity index (χ1) is 15.6. The number of hydrogen-bond acceptors (Lipinski definition) is 6. The second kappa shape index (κ2) is 8.96. The van der Waals surface area contributed by atoms with E-state index in [0.717, 1.165) is 9.25 Å². The molecule has 0 bridgehead atoms. The average Bonchev–Trinajstić information content (AvgIpc) is 3.34. The highest BCUT2D eigenvalue weighted by Crippen LogP contribution is 2.24. The predicted octanol–water partition coefficient (Wildman–Crippen LogP) is 2.97. The molecular weight excluding hydrogens is 486 g/mol. The Morgan fingerprint density at radius 3 is 2.48 bits per heavy atom. The lowest BCUT2D eigenvalue weighted by Crippen LogP contribution is -2.37. The summed E-state index contributed by atoms with van der Waals surface area (Å²) >= 11 is 12.0. The summed E-state index contributed by atoms with van der Waals surface area (Å²) in [6, 6.07) is 7.58. The lowest BCUT2D eigenvalue weighted by molar-refractivity contribution is -0.207. The fourth-order valence-corrected chi connectivity index (χ4v) is 3.27. The van der Waals surface area contributed by atoms with Crippen LogP contribution in [0.3, 0.4) is 0 Å². The molecule has 0 aliphatic carbocycles. The summed E-state index contributed by atoms with van der Waals surface area (Å²) in [6.07, 6.45) is -3.35. The van der Waals surface area contributed by atoms with E-state index in [-0.39, 0.29) is 18.2 Å². The summed E-state index contributed by atoms with van der Waals surface area (Å²) in [4.78, 5) is 21.0. The van der Waals surface area contributed by atoms with E-state index in [1.807, 2.05) is 0 Å². The predicted molar refractivity (Wildman–Crippen MR) is 112 cm³/mol. The highest BCUT2D eigenvalue weighted by Gasteiger charge is 2.39. The van der Waals surface area contributed by atoms with Gasteiger partial charge in [0, 0.05) is 16.8 Å². The Labute approximate surface area is 193 Å². The highest BCUT2D eigenvalue weighted by molar-refractivity contribution is 6.32. The van der Waals surface area contributed by atoms with Crippen LogP contribution in [-0.2, 0) is 13.1 Å². The SMILES string of the molecule is O=c1n(Cc2ncn(-c3cnccc3Cl)n2)nc(-c2ccc(Cl)cc2)n1CC(O)C(F)(F)F. The van der Waals surface area contributed by atoms with E-state index in [1.54, 1.807) is 6.07 Å². The summed E-state index contributed by atoms with van der Waals surface area (Å²) in [5.74, 6) is 0.0791. The number of rotatable bonds is 6. The molecule has 0 radical (unpaired) electrons. The maximum Gasteiger partial charge on any atom is 0.416 e. The van der Waals surface area contributed by atoms with E-state index in [2.05, 4.69) is 20.2 Å². The van der Waals surface area contributed by atoms with Crippen LogP contribution >= 0.6 is 23.2 Å².